The predicted molar refractivity (Wildman–Crippen MR) is 102 cm³/mol. The van der Waals surface area contributed by atoms with Crippen molar-refractivity contribution in [2.24, 2.45) is 4.99 Å². The van der Waals surface area contributed by atoms with Crippen LogP contribution in [0.25, 0.3) is 0 Å². The number of hydrogen-bond acceptors (Lipinski definition) is 6. The van der Waals surface area contributed by atoms with Crippen LogP contribution in [0.1, 0.15) is 19.8 Å². The lowest BCUT2D eigenvalue weighted by atomic mass is 10.2. The van der Waals surface area contributed by atoms with E-state index in [1.807, 2.05) is 30.0 Å². The van der Waals surface area contributed by atoms with Crippen molar-refractivity contribution in [3.8, 4) is 5.75 Å². The molecule has 1 aromatic carbocycles. The maximum absolute atomic E-state index is 12.4. The zero-order valence-corrected chi connectivity index (χ0v) is 15.6. The summed E-state index contributed by atoms with van der Waals surface area (Å²) in [7, 11) is 0. The number of nitrogens with zero attached hydrogens (tertiary/aromatic N) is 2. The number of carbonyl (C=O) groups is 2. The number of ether oxygens (including phenoxy) is 2. The van der Waals surface area contributed by atoms with Crippen LogP contribution in [0, 0.1) is 0 Å². The molecule has 2 amide bonds. The normalized spacial score (nSPS) is 20.0. The van der Waals surface area contributed by atoms with Crippen molar-refractivity contribution in [3.05, 3.63) is 24.3 Å². The Labute approximate surface area is 157 Å². The Morgan fingerprint density at radius 3 is 2.92 bits per heavy atom. The highest BCUT2D eigenvalue weighted by Gasteiger charge is 2.33. The van der Waals surface area contributed by atoms with Gasteiger partial charge in [0.15, 0.2) is 5.17 Å². The highest BCUT2D eigenvalue weighted by molar-refractivity contribution is 8.15. The standard InChI is InChI=1S/C18H23N3O4S/c1-2-9-25-14-6-4-3-5-13(14)19-16(22)12-15-17(23)20-18(26-15)21-7-10-24-11-8-21/h3-6,15H,2,7-12H2,1H3,(H,19,22)/t15-/m0/s1. The molecule has 0 saturated carbocycles. The number of thioether (sulfide) groups is 1. The SMILES string of the molecule is CCCOc1ccccc1NC(=O)C[C@@H]1SC(N2CCOCC2)=NC1=O. The van der Waals surface area contributed by atoms with Gasteiger partial charge >= 0.3 is 0 Å². The Balaban J connectivity index is 1.55. The van der Waals surface area contributed by atoms with Crippen LogP contribution in [0.4, 0.5) is 5.69 Å². The first-order chi connectivity index (χ1) is 12.7. The molecule has 1 fully saturated rings. The molecule has 0 aliphatic carbocycles. The van der Waals surface area contributed by atoms with E-state index >= 15 is 0 Å². The molecule has 140 valence electrons. The third-order valence-corrected chi connectivity index (χ3v) is 5.22. The number of rotatable bonds is 6. The third-order valence-electron chi connectivity index (χ3n) is 4.00. The Hall–Kier alpha value is -2.06. The largest absolute Gasteiger partial charge is 0.491 e. The average molecular weight is 377 g/mol. The lowest BCUT2D eigenvalue weighted by molar-refractivity contribution is -0.121. The van der Waals surface area contributed by atoms with Crippen LogP contribution in [0.5, 0.6) is 5.75 Å². The zero-order chi connectivity index (χ0) is 18.4. The van der Waals surface area contributed by atoms with Gasteiger partial charge in [-0.15, -0.1) is 0 Å². The molecule has 0 spiro atoms. The molecule has 1 N–H and O–H groups in total. The smallest absolute Gasteiger partial charge is 0.262 e. The summed E-state index contributed by atoms with van der Waals surface area (Å²) in [6.07, 6.45) is 0.972. The van der Waals surface area contributed by atoms with E-state index in [-0.39, 0.29) is 18.2 Å². The zero-order valence-electron chi connectivity index (χ0n) is 14.8. The van der Waals surface area contributed by atoms with Gasteiger partial charge in [0.05, 0.1) is 25.5 Å². The fourth-order valence-corrected chi connectivity index (χ4v) is 3.79. The number of para-hydroxylation sites is 2. The van der Waals surface area contributed by atoms with E-state index in [2.05, 4.69) is 10.3 Å². The van der Waals surface area contributed by atoms with Crippen molar-refractivity contribution >= 4 is 34.4 Å². The molecule has 2 aliphatic rings. The average Bonchev–Trinajstić information content (AvgIpc) is 3.02. The molecule has 7 nitrogen and oxygen atoms in total. The molecular formula is C18H23N3O4S. The van der Waals surface area contributed by atoms with Gasteiger partial charge in [-0.25, -0.2) is 0 Å². The monoisotopic (exact) mass is 377 g/mol. The molecule has 8 heteroatoms. The van der Waals surface area contributed by atoms with E-state index in [4.69, 9.17) is 9.47 Å². The Morgan fingerprint density at radius 2 is 2.15 bits per heavy atom. The molecule has 26 heavy (non-hydrogen) atoms. The number of amidine groups is 1. The first-order valence-corrected chi connectivity index (χ1v) is 9.69. The van der Waals surface area contributed by atoms with Crippen LogP contribution >= 0.6 is 11.8 Å². The van der Waals surface area contributed by atoms with E-state index in [1.165, 1.54) is 11.8 Å². The number of morpholine rings is 1. The minimum absolute atomic E-state index is 0.0863. The summed E-state index contributed by atoms with van der Waals surface area (Å²) < 4.78 is 11.0. The lowest BCUT2D eigenvalue weighted by Gasteiger charge is -2.27. The quantitative estimate of drug-likeness (QED) is 0.818. The van der Waals surface area contributed by atoms with Crippen LogP contribution < -0.4 is 10.1 Å². The van der Waals surface area contributed by atoms with Gasteiger partial charge in [0.2, 0.25) is 5.91 Å². The molecule has 2 aliphatic heterocycles. The summed E-state index contributed by atoms with van der Waals surface area (Å²) in [5.74, 6) is 0.169. The highest BCUT2D eigenvalue weighted by Crippen LogP contribution is 2.29. The van der Waals surface area contributed by atoms with E-state index in [1.54, 1.807) is 6.07 Å². The van der Waals surface area contributed by atoms with Gasteiger partial charge in [0.1, 0.15) is 11.0 Å². The first-order valence-electron chi connectivity index (χ1n) is 8.81. The third kappa shape index (κ3) is 4.76. The summed E-state index contributed by atoms with van der Waals surface area (Å²) in [4.78, 5) is 30.7. The van der Waals surface area contributed by atoms with Gasteiger partial charge in [-0.1, -0.05) is 30.8 Å². The van der Waals surface area contributed by atoms with Crippen molar-refractivity contribution in [2.75, 3.05) is 38.2 Å². The van der Waals surface area contributed by atoms with Gasteiger partial charge in [-0.05, 0) is 18.6 Å². The second-order valence-electron chi connectivity index (χ2n) is 6.04. The summed E-state index contributed by atoms with van der Waals surface area (Å²) in [5, 5.41) is 3.07. The molecule has 1 saturated heterocycles. The molecule has 0 radical (unpaired) electrons. The van der Waals surface area contributed by atoms with Crippen LogP contribution in [0.3, 0.4) is 0 Å². The van der Waals surface area contributed by atoms with Crippen LogP contribution in [0.2, 0.25) is 0 Å². The van der Waals surface area contributed by atoms with Crippen molar-refractivity contribution in [1.82, 2.24) is 4.90 Å². The fourth-order valence-electron chi connectivity index (χ4n) is 2.68. The van der Waals surface area contributed by atoms with Gasteiger partial charge in [-0.3, -0.25) is 9.59 Å². The number of amides is 2. The summed E-state index contributed by atoms with van der Waals surface area (Å²) >= 11 is 1.36. The maximum atomic E-state index is 12.4. The fraction of sp³-hybridized carbons (Fsp3) is 0.500. The molecule has 1 aromatic rings. The number of nitrogens with one attached hydrogen (secondary N) is 1. The number of aliphatic imine (C=N–C) groups is 1. The summed E-state index contributed by atoms with van der Waals surface area (Å²) in [5.41, 5.74) is 0.621. The Morgan fingerprint density at radius 1 is 1.38 bits per heavy atom. The van der Waals surface area contributed by atoms with Gasteiger partial charge in [0, 0.05) is 19.5 Å². The molecule has 3 rings (SSSR count). The lowest BCUT2D eigenvalue weighted by Crippen LogP contribution is -2.39. The number of benzene rings is 1. The van der Waals surface area contributed by atoms with Crippen molar-refractivity contribution in [2.45, 2.75) is 25.0 Å². The molecule has 0 aromatic heterocycles. The molecule has 0 unspecified atom stereocenters. The van der Waals surface area contributed by atoms with Crippen molar-refractivity contribution in [3.63, 3.8) is 0 Å². The predicted octanol–water partition coefficient (Wildman–Crippen LogP) is 2.13. The maximum Gasteiger partial charge on any atom is 0.262 e. The highest BCUT2D eigenvalue weighted by atomic mass is 32.2. The van der Waals surface area contributed by atoms with Crippen LogP contribution in [-0.4, -0.2) is 60.0 Å². The van der Waals surface area contributed by atoms with E-state index in [9.17, 15) is 9.59 Å². The summed E-state index contributed by atoms with van der Waals surface area (Å²) in [6.45, 7) is 5.32. The Bertz CT molecular complexity index is 689. The number of carbonyl (C=O) groups excluding carboxylic acids is 2. The van der Waals surface area contributed by atoms with Gasteiger partial charge < -0.3 is 19.7 Å². The Kier molecular flexibility index (Phi) is 6.51. The van der Waals surface area contributed by atoms with Crippen LogP contribution in [0.15, 0.2) is 29.3 Å². The van der Waals surface area contributed by atoms with Crippen molar-refractivity contribution < 1.29 is 19.1 Å². The van der Waals surface area contributed by atoms with E-state index in [0.29, 0.717) is 36.4 Å². The molecule has 1 atom stereocenters. The minimum Gasteiger partial charge on any atom is -0.491 e. The number of hydrogen-bond donors (Lipinski definition) is 1. The van der Waals surface area contributed by atoms with Crippen molar-refractivity contribution in [1.29, 1.82) is 0 Å². The van der Waals surface area contributed by atoms with Gasteiger partial charge in [-0.2, -0.15) is 4.99 Å². The number of anilines is 1. The minimum atomic E-state index is -0.475. The van der Waals surface area contributed by atoms with Gasteiger partial charge in [0.25, 0.3) is 5.91 Å². The molecule has 0 bridgehead atoms. The molecule has 2 heterocycles. The van der Waals surface area contributed by atoms with E-state index in [0.717, 1.165) is 19.5 Å². The first kappa shape index (κ1) is 18.7. The van der Waals surface area contributed by atoms with Crippen LogP contribution in [-0.2, 0) is 14.3 Å². The molecular weight excluding hydrogens is 354 g/mol. The second-order valence-corrected chi connectivity index (χ2v) is 7.21. The second kappa shape index (κ2) is 9.05. The van der Waals surface area contributed by atoms with E-state index < -0.39 is 5.25 Å². The topological polar surface area (TPSA) is 80.2 Å². The summed E-state index contributed by atoms with van der Waals surface area (Å²) in [6, 6.07) is 7.31.